The van der Waals surface area contributed by atoms with E-state index in [9.17, 15) is 4.79 Å². The van der Waals surface area contributed by atoms with Crippen LogP contribution in [0.4, 0.5) is 4.79 Å². The Morgan fingerprint density at radius 2 is 2.07 bits per heavy atom. The van der Waals surface area contributed by atoms with Gasteiger partial charge >= 0.3 is 6.03 Å². The number of aryl methyl sites for hydroxylation is 1. The fraction of sp³-hybridized carbons (Fsp3) is 0.500. The number of hydrogen-bond acceptors (Lipinski definition) is 3. The number of urea groups is 1. The summed E-state index contributed by atoms with van der Waals surface area (Å²) in [6.07, 6.45) is 6.54. The number of carbonyl (C=O) groups is 1. The Labute approximate surface area is 177 Å². The van der Waals surface area contributed by atoms with Crippen LogP contribution in [0.1, 0.15) is 47.6 Å². The minimum atomic E-state index is -0.180. The van der Waals surface area contributed by atoms with Crippen molar-refractivity contribution in [2.75, 3.05) is 26.8 Å². The number of rotatable bonds is 10. The minimum absolute atomic E-state index is 0. The van der Waals surface area contributed by atoms with Gasteiger partial charge in [-0.1, -0.05) is 42.8 Å². The predicted octanol–water partition coefficient (Wildman–Crippen LogP) is 2.90. The molecule has 1 atom stereocenters. The molecule has 7 heteroatoms. The molecule has 6 nitrogen and oxygen atoms in total. The molecular formula is C20H29N4O2Ta-. The molecule has 1 aromatic heterocycles. The van der Waals surface area contributed by atoms with Crippen molar-refractivity contribution in [3.63, 3.8) is 0 Å². The third kappa shape index (κ3) is 7.50. The average Bonchev–Trinajstić information content (AvgIpc) is 3.17. The van der Waals surface area contributed by atoms with Crippen LogP contribution in [-0.2, 0) is 27.1 Å². The molecular weight excluding hydrogens is 509 g/mol. The summed E-state index contributed by atoms with van der Waals surface area (Å²) < 4.78 is 5.58. The first-order chi connectivity index (χ1) is 12.6. The number of imidazole rings is 1. The second kappa shape index (κ2) is 12.7. The van der Waals surface area contributed by atoms with E-state index >= 15 is 0 Å². The van der Waals surface area contributed by atoms with Crippen LogP contribution in [0, 0.1) is 13.8 Å². The van der Waals surface area contributed by atoms with Crippen LogP contribution in [-0.4, -0.2) is 37.8 Å². The fourth-order valence-corrected chi connectivity index (χ4v) is 3.02. The van der Waals surface area contributed by atoms with E-state index in [0.717, 1.165) is 25.0 Å². The number of carbonyl (C=O) groups excluding carboxylic acids is 1. The number of nitrogens with zero attached hydrogens (tertiary/aromatic N) is 2. The summed E-state index contributed by atoms with van der Waals surface area (Å²) in [4.78, 5) is 19.6. The van der Waals surface area contributed by atoms with Crippen LogP contribution < -0.4 is 15.6 Å². The Morgan fingerprint density at radius 3 is 2.78 bits per heavy atom. The van der Waals surface area contributed by atoms with Crippen molar-refractivity contribution in [3.8, 4) is 0 Å². The van der Waals surface area contributed by atoms with Crippen LogP contribution in [0.3, 0.4) is 0 Å². The van der Waals surface area contributed by atoms with Crippen molar-refractivity contribution in [1.29, 1.82) is 0 Å². The Bertz CT molecular complexity index is 677. The van der Waals surface area contributed by atoms with Crippen LogP contribution in [0.2, 0.25) is 0 Å². The summed E-state index contributed by atoms with van der Waals surface area (Å²) in [5, 5.41) is 5.21. The monoisotopic (exact) mass is 538 g/mol. The van der Waals surface area contributed by atoms with E-state index in [0.29, 0.717) is 19.8 Å². The van der Waals surface area contributed by atoms with Gasteiger partial charge in [0.1, 0.15) is 0 Å². The molecule has 0 spiro atoms. The quantitative estimate of drug-likeness (QED) is 0.457. The van der Waals surface area contributed by atoms with Crippen molar-refractivity contribution in [2.24, 2.45) is 0 Å². The molecule has 0 aliphatic rings. The number of hydrogen-bond donors (Lipinski definition) is 2. The summed E-state index contributed by atoms with van der Waals surface area (Å²) in [5.74, 6) is 0.271. The number of nitrogens with one attached hydrogen (secondary N) is 2. The SMILES string of the molecule is CNC(=O)NCCOCCCCC(c1c[n-]cn1)c1cccc(C)c1C.[Ta]. The van der Waals surface area contributed by atoms with Crippen molar-refractivity contribution >= 4 is 6.03 Å². The maximum absolute atomic E-state index is 11.0. The zero-order chi connectivity index (χ0) is 18.8. The van der Waals surface area contributed by atoms with Gasteiger partial charge in [-0.25, -0.2) is 4.79 Å². The summed E-state index contributed by atoms with van der Waals surface area (Å²) in [5.41, 5.74) is 5.01. The second-order valence-corrected chi connectivity index (χ2v) is 6.40. The van der Waals surface area contributed by atoms with Crippen LogP contribution in [0.15, 0.2) is 30.7 Å². The Balaban J connectivity index is 0.00000364. The van der Waals surface area contributed by atoms with E-state index in [1.54, 1.807) is 13.4 Å². The number of unbranched alkanes of at least 4 members (excludes halogenated alkanes) is 1. The number of benzene rings is 1. The fourth-order valence-electron chi connectivity index (χ4n) is 3.02. The molecule has 2 aromatic rings. The van der Waals surface area contributed by atoms with Crippen LogP contribution in [0.5, 0.6) is 0 Å². The Hall–Kier alpha value is -1.60. The van der Waals surface area contributed by atoms with Crippen LogP contribution in [0.25, 0.3) is 0 Å². The summed E-state index contributed by atoms with van der Waals surface area (Å²) >= 11 is 0. The van der Waals surface area contributed by atoms with E-state index in [1.165, 1.54) is 16.7 Å². The van der Waals surface area contributed by atoms with Crippen molar-refractivity contribution in [1.82, 2.24) is 20.6 Å². The van der Waals surface area contributed by atoms with Crippen LogP contribution >= 0.6 is 0 Å². The third-order valence-corrected chi connectivity index (χ3v) is 4.65. The molecule has 0 aliphatic carbocycles. The molecule has 1 heterocycles. The van der Waals surface area contributed by atoms with Gasteiger partial charge in [-0.3, -0.25) is 0 Å². The minimum Gasteiger partial charge on any atom is -0.450 e. The third-order valence-electron chi connectivity index (χ3n) is 4.65. The van der Waals surface area contributed by atoms with E-state index in [1.807, 2.05) is 6.20 Å². The standard InChI is InChI=1S/C20H30N4O2.Ta/c1-15-7-6-9-17(16(15)2)18(19-13-22-14-24-19)8-4-5-11-26-12-10-23-20(25)21-3;/h6-7,9,13-14,18H,4-5,8,10-12H2,1-3H3,(H3,21,22,23,24,25);/p-1. The van der Waals surface area contributed by atoms with Gasteiger partial charge in [0.15, 0.2) is 0 Å². The molecule has 2 rings (SSSR count). The molecule has 147 valence electrons. The average molecular weight is 538 g/mol. The molecule has 0 saturated heterocycles. The molecule has 27 heavy (non-hydrogen) atoms. The first kappa shape index (κ1) is 23.4. The molecule has 2 amide bonds. The molecule has 0 aliphatic heterocycles. The van der Waals surface area contributed by atoms with Gasteiger partial charge < -0.3 is 25.3 Å². The van der Waals surface area contributed by atoms with E-state index in [2.05, 4.69) is 52.6 Å². The zero-order valence-electron chi connectivity index (χ0n) is 16.4. The molecule has 2 N–H and O–H groups in total. The van der Waals surface area contributed by atoms with Gasteiger partial charge in [0.2, 0.25) is 0 Å². The number of ether oxygens (including phenoxy) is 1. The second-order valence-electron chi connectivity index (χ2n) is 6.40. The smallest absolute Gasteiger partial charge is 0.314 e. The van der Waals surface area contributed by atoms with Gasteiger partial charge in [-0.2, -0.15) is 0 Å². The first-order valence-corrected chi connectivity index (χ1v) is 9.15. The maximum Gasteiger partial charge on any atom is 0.314 e. The molecule has 0 bridgehead atoms. The largest absolute Gasteiger partial charge is 0.450 e. The van der Waals surface area contributed by atoms with Gasteiger partial charge in [0, 0.05) is 48.5 Å². The van der Waals surface area contributed by atoms with Gasteiger partial charge in [0.25, 0.3) is 0 Å². The van der Waals surface area contributed by atoms with Crippen molar-refractivity contribution in [3.05, 3.63) is 53.1 Å². The van der Waals surface area contributed by atoms with Crippen molar-refractivity contribution in [2.45, 2.75) is 39.0 Å². The van der Waals surface area contributed by atoms with Gasteiger partial charge in [-0.05, 0) is 43.4 Å². The molecule has 1 aromatic carbocycles. The van der Waals surface area contributed by atoms with E-state index in [4.69, 9.17) is 4.74 Å². The molecule has 1 unspecified atom stereocenters. The first-order valence-electron chi connectivity index (χ1n) is 9.15. The van der Waals surface area contributed by atoms with Crippen molar-refractivity contribution < 1.29 is 31.9 Å². The summed E-state index contributed by atoms with van der Waals surface area (Å²) in [7, 11) is 1.60. The Kier molecular flexibility index (Phi) is 11.0. The topological polar surface area (TPSA) is 77.4 Å². The number of amides is 2. The maximum atomic E-state index is 11.0. The zero-order valence-corrected chi connectivity index (χ0v) is 19.6. The summed E-state index contributed by atoms with van der Waals surface area (Å²) in [6.45, 7) is 6.07. The molecule has 1 radical (unpaired) electrons. The Morgan fingerprint density at radius 1 is 1.26 bits per heavy atom. The number of aromatic nitrogens is 2. The molecule has 0 saturated carbocycles. The predicted molar refractivity (Wildman–Crippen MR) is 102 cm³/mol. The van der Waals surface area contributed by atoms with Gasteiger partial charge in [-0.15, -0.1) is 0 Å². The molecule has 0 fully saturated rings. The van der Waals surface area contributed by atoms with Gasteiger partial charge in [0.05, 0.1) is 6.61 Å². The van der Waals surface area contributed by atoms with E-state index in [-0.39, 0.29) is 34.3 Å². The normalized spacial score (nSPS) is 11.5. The van der Waals surface area contributed by atoms with E-state index < -0.39 is 0 Å². The summed E-state index contributed by atoms with van der Waals surface area (Å²) in [6, 6.07) is 6.28.